The van der Waals surface area contributed by atoms with E-state index in [1.807, 2.05) is 24.5 Å². The van der Waals surface area contributed by atoms with Crippen LogP contribution >= 0.6 is 11.8 Å². The normalized spacial score (nSPS) is 18.0. The lowest BCUT2D eigenvalue weighted by Gasteiger charge is -2.33. The predicted molar refractivity (Wildman–Crippen MR) is 146 cm³/mol. The maximum absolute atomic E-state index is 13.5. The van der Waals surface area contributed by atoms with Crippen molar-refractivity contribution < 1.29 is 17.9 Å². The molecule has 3 aromatic rings. The molecule has 4 rings (SSSR count). The van der Waals surface area contributed by atoms with Crippen LogP contribution in [0.2, 0.25) is 0 Å². The smallest absolute Gasteiger partial charge is 0.406 e. The number of aromatic nitrogens is 1. The summed E-state index contributed by atoms with van der Waals surface area (Å²) < 4.78 is 47.4. The molecule has 0 bridgehead atoms. The van der Waals surface area contributed by atoms with Crippen molar-refractivity contribution in [2.75, 3.05) is 38.0 Å². The van der Waals surface area contributed by atoms with E-state index in [1.165, 1.54) is 4.57 Å². The molecule has 1 aliphatic carbocycles. The average molecular weight is 531 g/mol. The van der Waals surface area contributed by atoms with Crippen LogP contribution in [0.25, 0.3) is 10.9 Å². The lowest BCUT2D eigenvalue weighted by molar-refractivity contribution is -0.140. The van der Waals surface area contributed by atoms with Gasteiger partial charge in [-0.15, -0.1) is 11.8 Å². The molecular weight excluding hydrogens is 497 g/mol. The van der Waals surface area contributed by atoms with Gasteiger partial charge in [-0.1, -0.05) is 12.0 Å². The Morgan fingerprint density at radius 3 is 2.54 bits per heavy atom. The molecule has 1 aromatic heterocycles. The molecule has 1 fully saturated rings. The molecule has 0 unspecified atom stereocenters. The second kappa shape index (κ2) is 11.6. The molecule has 0 spiro atoms. The number of anilines is 2. The Hall–Kier alpha value is -2.96. The number of fused-ring (bicyclic) bond motifs is 1. The molecule has 1 heterocycles. The Morgan fingerprint density at radius 1 is 1.14 bits per heavy atom. The van der Waals surface area contributed by atoms with Crippen LogP contribution in [0.15, 0.2) is 47.4 Å². The van der Waals surface area contributed by atoms with Gasteiger partial charge in [0, 0.05) is 28.1 Å². The fourth-order valence-corrected chi connectivity index (χ4v) is 5.29. The van der Waals surface area contributed by atoms with Gasteiger partial charge in [0.1, 0.15) is 18.9 Å². The molecule has 198 valence electrons. The minimum atomic E-state index is -4.37. The zero-order valence-electron chi connectivity index (χ0n) is 21.4. The van der Waals surface area contributed by atoms with Crippen molar-refractivity contribution >= 4 is 34.0 Å². The molecule has 9 heteroatoms. The van der Waals surface area contributed by atoms with Gasteiger partial charge in [0.2, 0.25) is 0 Å². The first-order valence-corrected chi connectivity index (χ1v) is 13.5. The second-order valence-corrected chi connectivity index (χ2v) is 10.5. The van der Waals surface area contributed by atoms with Gasteiger partial charge in [0.25, 0.3) is 0 Å². The van der Waals surface area contributed by atoms with E-state index in [9.17, 15) is 13.2 Å². The zero-order valence-corrected chi connectivity index (χ0v) is 22.2. The number of hydrogen-bond donors (Lipinski definition) is 2. The van der Waals surface area contributed by atoms with E-state index in [-0.39, 0.29) is 6.61 Å². The standard InChI is InChI=1S/C28H33F3N4OS/c1-34(2)20-11-9-19(10-12-20)33-25-7-4-8-26-23(25)16-21(35(26)18-28(29,30)31)6-5-15-36-27-14-13-22(37-3)17-24(27)32/h4,7-8,13-14,16-17,19-20,33H,9-12,15,18,32H2,1-3H3. The van der Waals surface area contributed by atoms with Gasteiger partial charge in [-0.25, -0.2) is 0 Å². The largest absolute Gasteiger partial charge is 0.479 e. The van der Waals surface area contributed by atoms with Crippen LogP contribution in [0, 0.1) is 11.8 Å². The topological polar surface area (TPSA) is 55.5 Å². The molecule has 5 nitrogen and oxygen atoms in total. The van der Waals surface area contributed by atoms with Crippen LogP contribution in [0.5, 0.6) is 5.75 Å². The molecule has 1 saturated carbocycles. The van der Waals surface area contributed by atoms with Gasteiger partial charge in [0.15, 0.2) is 0 Å². The summed E-state index contributed by atoms with van der Waals surface area (Å²) in [7, 11) is 4.21. The lowest BCUT2D eigenvalue weighted by atomic mass is 9.90. The number of alkyl halides is 3. The third-order valence-electron chi connectivity index (χ3n) is 6.80. The highest BCUT2D eigenvalue weighted by Gasteiger charge is 2.30. The molecule has 0 atom stereocenters. The molecule has 2 aromatic carbocycles. The molecule has 3 N–H and O–H groups in total. The van der Waals surface area contributed by atoms with Crippen LogP contribution in [-0.2, 0) is 6.54 Å². The van der Waals surface area contributed by atoms with Crippen molar-refractivity contribution in [3.05, 3.63) is 48.2 Å². The number of nitrogens with zero attached hydrogens (tertiary/aromatic N) is 2. The van der Waals surface area contributed by atoms with E-state index in [4.69, 9.17) is 10.5 Å². The van der Waals surface area contributed by atoms with Crippen molar-refractivity contribution in [3.8, 4) is 17.6 Å². The zero-order chi connectivity index (χ0) is 26.6. The number of nitrogens with one attached hydrogen (secondary N) is 1. The summed E-state index contributed by atoms with van der Waals surface area (Å²) in [5.74, 6) is 6.26. The van der Waals surface area contributed by atoms with E-state index < -0.39 is 12.7 Å². The number of nitrogens with two attached hydrogens (primary N) is 1. The second-order valence-electron chi connectivity index (χ2n) is 9.58. The highest BCUT2D eigenvalue weighted by Crippen LogP contribution is 2.32. The van der Waals surface area contributed by atoms with Crippen LogP contribution in [0.4, 0.5) is 24.5 Å². The van der Waals surface area contributed by atoms with Crippen molar-refractivity contribution in [2.45, 2.75) is 55.4 Å². The molecule has 0 saturated heterocycles. The number of ether oxygens (including phenoxy) is 1. The Kier molecular flexibility index (Phi) is 8.50. The summed E-state index contributed by atoms with van der Waals surface area (Å²) in [4.78, 5) is 3.28. The van der Waals surface area contributed by atoms with Gasteiger partial charge in [0.05, 0.1) is 16.9 Å². The van der Waals surface area contributed by atoms with Gasteiger partial charge in [-0.2, -0.15) is 13.2 Å². The molecule has 0 aliphatic heterocycles. The maximum atomic E-state index is 13.5. The Bertz CT molecular complexity index is 1280. The first-order valence-electron chi connectivity index (χ1n) is 12.3. The minimum Gasteiger partial charge on any atom is -0.479 e. The summed E-state index contributed by atoms with van der Waals surface area (Å²) in [5, 5.41) is 4.33. The lowest BCUT2D eigenvalue weighted by Crippen LogP contribution is -2.36. The van der Waals surface area contributed by atoms with Gasteiger partial charge in [-0.05, 0) is 88.4 Å². The average Bonchev–Trinajstić information content (AvgIpc) is 3.19. The van der Waals surface area contributed by atoms with Crippen molar-refractivity contribution in [3.63, 3.8) is 0 Å². The number of nitrogen functional groups attached to an aromatic ring is 1. The van der Waals surface area contributed by atoms with Crippen LogP contribution in [0.3, 0.4) is 0 Å². The summed E-state index contributed by atoms with van der Waals surface area (Å²) >= 11 is 1.57. The highest BCUT2D eigenvalue weighted by molar-refractivity contribution is 7.98. The van der Waals surface area contributed by atoms with Crippen molar-refractivity contribution in [1.29, 1.82) is 0 Å². The van der Waals surface area contributed by atoms with Gasteiger partial charge in [-0.3, -0.25) is 0 Å². The van der Waals surface area contributed by atoms with Gasteiger partial charge >= 0.3 is 6.18 Å². The van der Waals surface area contributed by atoms with Crippen LogP contribution in [-0.4, -0.2) is 54.7 Å². The highest BCUT2D eigenvalue weighted by atomic mass is 32.2. The van der Waals surface area contributed by atoms with Gasteiger partial charge < -0.3 is 25.3 Å². The number of halogens is 3. The fraction of sp³-hybridized carbons (Fsp3) is 0.429. The number of thioether (sulfide) groups is 1. The van der Waals surface area contributed by atoms with E-state index in [0.717, 1.165) is 41.7 Å². The molecule has 1 aliphatic rings. The summed E-state index contributed by atoms with van der Waals surface area (Å²) in [6, 6.07) is 13.5. The summed E-state index contributed by atoms with van der Waals surface area (Å²) in [5.41, 5.74) is 8.17. The predicted octanol–water partition coefficient (Wildman–Crippen LogP) is 6.22. The van der Waals surface area contributed by atoms with E-state index in [2.05, 4.69) is 36.2 Å². The first kappa shape index (κ1) is 27.1. The van der Waals surface area contributed by atoms with E-state index in [1.54, 1.807) is 36.0 Å². The van der Waals surface area contributed by atoms with Crippen LogP contribution in [0.1, 0.15) is 31.4 Å². The molecule has 0 amide bonds. The number of hydrogen-bond acceptors (Lipinski definition) is 5. The molecular formula is C28H33F3N4OS. The first-order chi connectivity index (χ1) is 17.6. The summed E-state index contributed by atoms with van der Waals surface area (Å²) in [6.45, 7) is -1.10. The van der Waals surface area contributed by atoms with Crippen molar-refractivity contribution in [2.24, 2.45) is 0 Å². The molecule has 37 heavy (non-hydrogen) atoms. The van der Waals surface area contributed by atoms with Crippen LogP contribution < -0.4 is 15.8 Å². The van der Waals surface area contributed by atoms with E-state index in [0.29, 0.717) is 34.7 Å². The molecule has 0 radical (unpaired) electrons. The third-order valence-corrected chi connectivity index (χ3v) is 7.53. The monoisotopic (exact) mass is 530 g/mol. The maximum Gasteiger partial charge on any atom is 0.406 e. The minimum absolute atomic E-state index is 0.0105. The number of benzene rings is 2. The Balaban J connectivity index is 1.56. The summed E-state index contributed by atoms with van der Waals surface area (Å²) in [6.07, 6.45) is 1.81. The quantitative estimate of drug-likeness (QED) is 0.216. The van der Waals surface area contributed by atoms with Crippen molar-refractivity contribution in [1.82, 2.24) is 9.47 Å². The Labute approximate surface area is 220 Å². The fourth-order valence-electron chi connectivity index (χ4n) is 4.85. The SMILES string of the molecule is CSc1ccc(OCC#Cc2cc3c(NC4CCC(N(C)C)CC4)cccc3n2CC(F)(F)F)c(N)c1. The third kappa shape index (κ3) is 6.88. The number of rotatable bonds is 7. The van der Waals surface area contributed by atoms with E-state index >= 15 is 0 Å². The Morgan fingerprint density at radius 2 is 1.89 bits per heavy atom.